The second kappa shape index (κ2) is 8.80. The molecule has 3 rings (SSSR count). The molecule has 0 amide bonds. The fraction of sp³-hybridized carbons (Fsp3) is 0.571. The molecule has 1 atom stereocenters. The molecular weight excluding hydrogens is 324 g/mol. The number of imidazole rings is 1. The van der Waals surface area contributed by atoms with Crippen molar-refractivity contribution in [2.75, 3.05) is 26.2 Å². The van der Waals surface area contributed by atoms with Crippen molar-refractivity contribution in [3.05, 3.63) is 52.6 Å². The van der Waals surface area contributed by atoms with Gasteiger partial charge in [0, 0.05) is 57.5 Å². The third-order valence-electron chi connectivity index (χ3n) is 5.53. The predicted octanol–water partition coefficient (Wildman–Crippen LogP) is 2.66. The number of aryl methyl sites for hydroxylation is 3. The van der Waals surface area contributed by atoms with E-state index in [-0.39, 0.29) is 6.61 Å². The first-order chi connectivity index (χ1) is 12.6. The lowest BCUT2D eigenvalue weighted by atomic mass is 10.0. The van der Waals surface area contributed by atoms with Crippen LogP contribution < -0.4 is 0 Å². The third-order valence-corrected chi connectivity index (χ3v) is 5.53. The quantitative estimate of drug-likeness (QED) is 0.801. The summed E-state index contributed by atoms with van der Waals surface area (Å²) in [6.07, 6.45) is 1.76. The number of aromatic nitrogens is 2. The number of piperazine rings is 1. The molecule has 5 heteroatoms. The molecule has 0 saturated carbocycles. The Labute approximate surface area is 157 Å². The Kier molecular flexibility index (Phi) is 6.46. The first kappa shape index (κ1) is 19.1. The molecule has 0 spiro atoms. The van der Waals surface area contributed by atoms with Gasteiger partial charge in [-0.2, -0.15) is 0 Å². The van der Waals surface area contributed by atoms with Crippen LogP contribution in [-0.4, -0.2) is 57.2 Å². The lowest BCUT2D eigenvalue weighted by Crippen LogP contribution is -2.52. The lowest BCUT2D eigenvalue weighted by molar-refractivity contribution is 0.0492. The van der Waals surface area contributed by atoms with E-state index in [1.54, 1.807) is 0 Å². The van der Waals surface area contributed by atoms with Gasteiger partial charge >= 0.3 is 0 Å². The fourth-order valence-corrected chi connectivity index (χ4v) is 3.83. The number of benzene rings is 1. The Morgan fingerprint density at radius 3 is 2.69 bits per heavy atom. The number of H-pyrrole nitrogens is 1. The molecule has 1 saturated heterocycles. The molecule has 1 aromatic carbocycles. The summed E-state index contributed by atoms with van der Waals surface area (Å²) in [5.74, 6) is 1.07. The molecule has 2 N–H and O–H groups in total. The van der Waals surface area contributed by atoms with Crippen LogP contribution in [0.4, 0.5) is 0 Å². The van der Waals surface area contributed by atoms with E-state index in [9.17, 15) is 5.11 Å². The molecule has 2 aromatic rings. The minimum absolute atomic E-state index is 0.240. The molecule has 1 unspecified atom stereocenters. The van der Waals surface area contributed by atoms with Crippen LogP contribution >= 0.6 is 0 Å². The number of nitrogens with one attached hydrogen (secondary N) is 1. The van der Waals surface area contributed by atoms with Crippen LogP contribution in [0.3, 0.4) is 0 Å². The Morgan fingerprint density at radius 2 is 2.00 bits per heavy atom. The summed E-state index contributed by atoms with van der Waals surface area (Å²) in [5, 5.41) is 9.55. The zero-order chi connectivity index (χ0) is 18.5. The minimum Gasteiger partial charge on any atom is -0.396 e. The minimum atomic E-state index is 0.240. The Bertz CT molecular complexity index is 712. The number of aromatic amines is 1. The third kappa shape index (κ3) is 4.53. The van der Waals surface area contributed by atoms with Crippen molar-refractivity contribution in [1.29, 1.82) is 0 Å². The summed E-state index contributed by atoms with van der Waals surface area (Å²) in [4.78, 5) is 13.1. The smallest absolute Gasteiger partial charge is 0.106 e. The Hall–Kier alpha value is -1.69. The number of aliphatic hydroxyl groups is 1. The first-order valence-electron chi connectivity index (χ1n) is 9.76. The number of aliphatic hydroxyl groups excluding tert-OH is 1. The number of hydrogen-bond donors (Lipinski definition) is 2. The van der Waals surface area contributed by atoms with Crippen molar-refractivity contribution >= 4 is 0 Å². The topological polar surface area (TPSA) is 55.4 Å². The zero-order valence-electron chi connectivity index (χ0n) is 16.3. The molecule has 1 aromatic heterocycles. The van der Waals surface area contributed by atoms with Crippen LogP contribution in [0.5, 0.6) is 0 Å². The van der Waals surface area contributed by atoms with E-state index < -0.39 is 0 Å². The highest BCUT2D eigenvalue weighted by atomic mass is 16.3. The average Bonchev–Trinajstić information content (AvgIpc) is 2.99. The largest absolute Gasteiger partial charge is 0.396 e. The number of hydrogen-bond acceptors (Lipinski definition) is 4. The lowest BCUT2D eigenvalue weighted by Gasteiger charge is -2.41. The highest BCUT2D eigenvalue weighted by Crippen LogP contribution is 2.20. The van der Waals surface area contributed by atoms with E-state index in [2.05, 4.69) is 59.8 Å². The zero-order valence-corrected chi connectivity index (χ0v) is 16.3. The second-order valence-corrected chi connectivity index (χ2v) is 7.41. The maximum atomic E-state index is 9.55. The number of nitrogens with zero attached hydrogens (tertiary/aromatic N) is 3. The summed E-state index contributed by atoms with van der Waals surface area (Å²) in [7, 11) is 0. The summed E-state index contributed by atoms with van der Waals surface area (Å²) in [6, 6.07) is 9.00. The highest BCUT2D eigenvalue weighted by Gasteiger charge is 2.27. The molecule has 26 heavy (non-hydrogen) atoms. The van der Waals surface area contributed by atoms with Gasteiger partial charge in [-0.1, -0.05) is 31.2 Å². The van der Waals surface area contributed by atoms with Crippen molar-refractivity contribution in [2.24, 2.45) is 0 Å². The maximum absolute atomic E-state index is 9.55. The molecule has 1 aliphatic rings. The standard InChI is InChI=1S/C21H32N4O/c1-4-21-22-17(3)20(23-21)15-24-10-11-25(19(14-24)9-12-26)13-18-8-6-5-7-16(18)2/h5-8,19,26H,4,9-15H2,1-3H3,(H,22,23). The van der Waals surface area contributed by atoms with Gasteiger partial charge < -0.3 is 10.1 Å². The monoisotopic (exact) mass is 356 g/mol. The Morgan fingerprint density at radius 1 is 1.19 bits per heavy atom. The van der Waals surface area contributed by atoms with Crippen molar-refractivity contribution in [3.63, 3.8) is 0 Å². The van der Waals surface area contributed by atoms with Crippen LogP contribution in [0, 0.1) is 13.8 Å². The van der Waals surface area contributed by atoms with Gasteiger partial charge in [0.15, 0.2) is 0 Å². The molecular formula is C21H32N4O. The number of rotatable bonds is 7. The van der Waals surface area contributed by atoms with Gasteiger partial charge in [-0.05, 0) is 31.4 Å². The van der Waals surface area contributed by atoms with E-state index in [0.717, 1.165) is 57.1 Å². The normalized spacial score (nSPS) is 19.2. The van der Waals surface area contributed by atoms with Crippen LogP contribution in [0.25, 0.3) is 0 Å². The molecule has 142 valence electrons. The molecule has 0 radical (unpaired) electrons. The van der Waals surface area contributed by atoms with E-state index in [1.165, 1.54) is 16.8 Å². The predicted molar refractivity (Wildman–Crippen MR) is 105 cm³/mol. The van der Waals surface area contributed by atoms with Crippen LogP contribution in [0.2, 0.25) is 0 Å². The molecule has 5 nitrogen and oxygen atoms in total. The molecule has 1 aliphatic heterocycles. The van der Waals surface area contributed by atoms with Crippen LogP contribution in [0.15, 0.2) is 24.3 Å². The highest BCUT2D eigenvalue weighted by molar-refractivity contribution is 5.25. The van der Waals surface area contributed by atoms with Gasteiger partial charge in [-0.25, -0.2) is 4.98 Å². The SMILES string of the molecule is CCc1nc(CN2CCN(Cc3ccccc3C)C(CCO)C2)c(C)[nH]1. The van der Waals surface area contributed by atoms with E-state index in [0.29, 0.717) is 6.04 Å². The second-order valence-electron chi connectivity index (χ2n) is 7.41. The Balaban J connectivity index is 1.65. The van der Waals surface area contributed by atoms with E-state index in [4.69, 9.17) is 4.98 Å². The average molecular weight is 357 g/mol. The summed E-state index contributed by atoms with van der Waals surface area (Å²) in [5.41, 5.74) is 5.08. The van der Waals surface area contributed by atoms with Crippen molar-refractivity contribution in [2.45, 2.75) is 52.7 Å². The maximum Gasteiger partial charge on any atom is 0.106 e. The molecule has 0 aliphatic carbocycles. The van der Waals surface area contributed by atoms with Gasteiger partial charge in [-0.3, -0.25) is 9.80 Å². The van der Waals surface area contributed by atoms with Gasteiger partial charge in [0.25, 0.3) is 0 Å². The molecule has 0 bridgehead atoms. The fourth-order valence-electron chi connectivity index (χ4n) is 3.83. The summed E-state index contributed by atoms with van der Waals surface area (Å²) in [6.45, 7) is 11.6. The van der Waals surface area contributed by atoms with Crippen molar-refractivity contribution in [1.82, 2.24) is 19.8 Å². The molecule has 1 fully saturated rings. The van der Waals surface area contributed by atoms with Crippen molar-refractivity contribution < 1.29 is 5.11 Å². The van der Waals surface area contributed by atoms with E-state index in [1.807, 2.05) is 0 Å². The summed E-state index contributed by atoms with van der Waals surface area (Å²) < 4.78 is 0. The van der Waals surface area contributed by atoms with Gasteiger partial charge in [0.05, 0.1) is 5.69 Å². The van der Waals surface area contributed by atoms with Crippen molar-refractivity contribution in [3.8, 4) is 0 Å². The first-order valence-corrected chi connectivity index (χ1v) is 9.76. The van der Waals surface area contributed by atoms with Gasteiger partial charge in [-0.15, -0.1) is 0 Å². The van der Waals surface area contributed by atoms with E-state index >= 15 is 0 Å². The molecule has 2 heterocycles. The van der Waals surface area contributed by atoms with Crippen LogP contribution in [0.1, 0.15) is 41.7 Å². The van der Waals surface area contributed by atoms with Crippen LogP contribution in [-0.2, 0) is 19.5 Å². The van der Waals surface area contributed by atoms with Gasteiger partial charge in [0.2, 0.25) is 0 Å². The van der Waals surface area contributed by atoms with Gasteiger partial charge in [0.1, 0.15) is 5.82 Å². The summed E-state index contributed by atoms with van der Waals surface area (Å²) >= 11 is 0.